The number of aryl methyl sites for hydroxylation is 12. The smallest absolute Gasteiger partial charge is 0.113 e. The van der Waals surface area contributed by atoms with Gasteiger partial charge in [0.1, 0.15) is 15.7 Å². The van der Waals surface area contributed by atoms with Gasteiger partial charge in [-0.25, -0.2) is 0 Å². The maximum absolute atomic E-state index is 6.27. The zero-order valence-corrected chi connectivity index (χ0v) is 52.5. The van der Waals surface area contributed by atoms with Gasteiger partial charge < -0.3 is 9.80 Å². The molecule has 0 aliphatic rings. The zero-order chi connectivity index (χ0) is 60.5. The zero-order valence-electron chi connectivity index (χ0n) is 52.5. The number of anilines is 6. The van der Waals surface area contributed by atoms with Crippen LogP contribution in [0.4, 0.5) is 34.1 Å². The molecule has 0 saturated heterocycles. The summed E-state index contributed by atoms with van der Waals surface area (Å²) < 4.78 is 0. The summed E-state index contributed by atoms with van der Waals surface area (Å²) in [7, 11) is 12.5. The van der Waals surface area contributed by atoms with Gasteiger partial charge in [0.25, 0.3) is 0 Å². The summed E-state index contributed by atoms with van der Waals surface area (Å²) in [6.45, 7) is 26.6. The number of hydrogen-bond donors (Lipinski definition) is 0. The highest BCUT2D eigenvalue weighted by molar-refractivity contribution is 6.33. The molecule has 0 fully saturated rings. The second-order valence-corrected chi connectivity index (χ2v) is 24.2. The van der Waals surface area contributed by atoms with Gasteiger partial charge in [0.15, 0.2) is 0 Å². The van der Waals surface area contributed by atoms with Crippen LogP contribution in [0.2, 0.25) is 0 Å². The van der Waals surface area contributed by atoms with Crippen LogP contribution in [0.5, 0.6) is 0 Å². The van der Waals surface area contributed by atoms with E-state index in [1.807, 2.05) is 0 Å². The Morgan fingerprint density at radius 3 is 0.779 bits per heavy atom. The van der Waals surface area contributed by atoms with Gasteiger partial charge in [-0.05, 0) is 288 Å². The first kappa shape index (κ1) is 58.9. The summed E-state index contributed by atoms with van der Waals surface area (Å²) in [6, 6.07) is 77.1. The number of nitrogens with zero attached hydrogens (tertiary/aromatic N) is 2. The van der Waals surface area contributed by atoms with E-state index in [2.05, 4.69) is 299 Å². The van der Waals surface area contributed by atoms with E-state index in [4.69, 9.17) is 15.7 Å². The van der Waals surface area contributed by atoms with Crippen molar-refractivity contribution in [2.75, 3.05) is 9.80 Å². The Kier molecular flexibility index (Phi) is 17.1. The lowest BCUT2D eigenvalue weighted by atomic mass is 9.87. The Labute approximate surface area is 516 Å². The average molecular weight is 1110 g/mol. The Hall–Kier alpha value is -8.85. The van der Waals surface area contributed by atoms with Gasteiger partial charge in [0.2, 0.25) is 0 Å². The van der Waals surface area contributed by atoms with E-state index >= 15 is 0 Å². The molecule has 0 aliphatic heterocycles. The fraction of sp³-hybridized carbons (Fsp3) is 0.195. The Morgan fingerprint density at radius 1 is 0.244 bits per heavy atom. The molecule has 2 nitrogen and oxygen atoms in total. The molecule has 0 heterocycles. The van der Waals surface area contributed by atoms with Gasteiger partial charge in [0, 0.05) is 34.1 Å². The van der Waals surface area contributed by atoms with E-state index < -0.39 is 0 Å². The summed E-state index contributed by atoms with van der Waals surface area (Å²) in [5, 5.41) is 0. The summed E-state index contributed by atoms with van der Waals surface area (Å²) in [4.78, 5) is 4.81. The molecule has 4 radical (unpaired) electrons. The molecule has 0 unspecified atom stereocenters. The molecule has 0 aliphatic carbocycles. The maximum atomic E-state index is 6.27. The first-order chi connectivity index (χ1) is 41.5. The van der Waals surface area contributed by atoms with Crippen LogP contribution >= 0.6 is 0 Å². The molecule has 422 valence electrons. The van der Waals surface area contributed by atoms with Gasteiger partial charge in [-0.3, -0.25) is 0 Å². The molecule has 0 N–H and O–H groups in total. The lowest BCUT2D eigenvalue weighted by molar-refractivity contribution is 0.922. The van der Waals surface area contributed by atoms with Crippen LogP contribution in [-0.2, 0) is 12.8 Å². The molecule has 0 saturated carbocycles. The highest BCUT2D eigenvalue weighted by atomic mass is 15.1. The van der Waals surface area contributed by atoms with Crippen LogP contribution in [-0.4, -0.2) is 15.7 Å². The summed E-state index contributed by atoms with van der Waals surface area (Å²) in [6.07, 6.45) is 4.47. The molecule has 4 heteroatoms. The van der Waals surface area contributed by atoms with E-state index in [-0.39, 0.29) is 0 Å². The van der Waals surface area contributed by atoms with Gasteiger partial charge in [0.05, 0.1) is 0 Å². The highest BCUT2D eigenvalue weighted by Gasteiger charge is 2.21. The van der Waals surface area contributed by atoms with E-state index in [0.29, 0.717) is 0 Å². The minimum atomic E-state index is 0.794. The second kappa shape index (κ2) is 25.0. The Morgan fingerprint density at radius 2 is 0.500 bits per heavy atom. The van der Waals surface area contributed by atoms with Crippen molar-refractivity contribution >= 4 is 60.7 Å². The normalized spacial score (nSPS) is 11.3. The standard InChI is InChI=1S/C82H78B2N2/c1-13-15-61-17-21-63(22-18-61)75-37-33-71(45-51(75)3)85(69-29-25-65(26-30-69)81-57(9)41-67(83)42-58(81)10)73-35-39-77(53(5)47-73)79-49-56(8)80(50-55(79)7)78-40-36-74(48-54(78)6)86(70-31-27-66(28-32-70)82-59(11)43-68(84)44-60(82)12)72-34-38-76(52(4)46-72)64-23-19-62(16-14-2)20-24-64/h17-50H,13-16H2,1-12H3. The van der Waals surface area contributed by atoms with Crippen LogP contribution in [0.3, 0.4) is 0 Å². The predicted octanol–water partition coefficient (Wildman–Crippen LogP) is 21.2. The topological polar surface area (TPSA) is 6.48 Å². The van der Waals surface area contributed by atoms with Crippen molar-refractivity contribution in [2.45, 2.75) is 109 Å². The SMILES string of the molecule is [B]c1cc(C)c(-c2ccc(N(c3ccc(-c4ccc(CCC)cc4)c(C)c3)c3ccc(-c4cc(C)c(-c5ccc(N(c6ccc(-c7c(C)cc([B])cc7C)cc6)c6ccc(-c7ccc(CCC)cc7)c(C)c6)cc5C)cc4C)c(C)c3)cc2)c(C)c1. The molecule has 0 bridgehead atoms. The van der Waals surface area contributed by atoms with Gasteiger partial charge in [-0.2, -0.15) is 0 Å². The predicted molar refractivity (Wildman–Crippen MR) is 375 cm³/mol. The minimum Gasteiger partial charge on any atom is -0.310 e. The molecular formula is C82H78B2N2. The summed E-state index contributed by atoms with van der Waals surface area (Å²) in [5.74, 6) is 0. The fourth-order valence-corrected chi connectivity index (χ4v) is 13.4. The molecule has 86 heavy (non-hydrogen) atoms. The van der Waals surface area contributed by atoms with E-state index in [0.717, 1.165) is 70.7 Å². The Bertz CT molecular complexity index is 3980. The number of rotatable bonds is 16. The Balaban J connectivity index is 0.928. The lowest BCUT2D eigenvalue weighted by Gasteiger charge is -2.28. The lowest BCUT2D eigenvalue weighted by Crippen LogP contribution is -2.11. The van der Waals surface area contributed by atoms with Crippen molar-refractivity contribution in [3.05, 3.63) is 273 Å². The molecule has 0 amide bonds. The van der Waals surface area contributed by atoms with Crippen LogP contribution in [0.15, 0.2) is 206 Å². The summed E-state index contributed by atoms with van der Waals surface area (Å²) in [5.41, 5.74) is 37.8. The largest absolute Gasteiger partial charge is 0.310 e. The third kappa shape index (κ3) is 12.1. The van der Waals surface area contributed by atoms with Crippen LogP contribution in [0.25, 0.3) is 66.8 Å². The van der Waals surface area contributed by atoms with Crippen LogP contribution < -0.4 is 20.7 Å². The van der Waals surface area contributed by atoms with Crippen molar-refractivity contribution in [1.82, 2.24) is 0 Å². The van der Waals surface area contributed by atoms with Crippen molar-refractivity contribution in [3.63, 3.8) is 0 Å². The fourth-order valence-electron chi connectivity index (χ4n) is 13.4. The van der Waals surface area contributed by atoms with Crippen molar-refractivity contribution in [1.29, 1.82) is 0 Å². The molecule has 11 aromatic rings. The third-order valence-corrected chi connectivity index (χ3v) is 17.6. The van der Waals surface area contributed by atoms with Crippen molar-refractivity contribution in [2.24, 2.45) is 0 Å². The monoisotopic (exact) mass is 1110 g/mol. The average Bonchev–Trinajstić information content (AvgIpc) is 1.88. The van der Waals surface area contributed by atoms with Crippen LogP contribution in [0, 0.1) is 69.2 Å². The van der Waals surface area contributed by atoms with Crippen molar-refractivity contribution in [3.8, 4) is 66.8 Å². The quantitative estimate of drug-likeness (QED) is 0.0890. The molecular weight excluding hydrogens is 1030 g/mol. The van der Waals surface area contributed by atoms with Gasteiger partial charge in [-0.1, -0.05) is 171 Å². The van der Waals surface area contributed by atoms with Crippen LogP contribution in [0.1, 0.15) is 93.5 Å². The van der Waals surface area contributed by atoms with E-state index in [1.165, 1.54) is 134 Å². The third-order valence-electron chi connectivity index (χ3n) is 17.6. The van der Waals surface area contributed by atoms with Crippen molar-refractivity contribution < 1.29 is 0 Å². The van der Waals surface area contributed by atoms with Gasteiger partial charge in [-0.15, -0.1) is 0 Å². The molecule has 0 spiro atoms. The highest BCUT2D eigenvalue weighted by Crippen LogP contribution is 2.44. The van der Waals surface area contributed by atoms with Gasteiger partial charge >= 0.3 is 0 Å². The maximum Gasteiger partial charge on any atom is 0.113 e. The summed E-state index contributed by atoms with van der Waals surface area (Å²) >= 11 is 0. The van der Waals surface area contributed by atoms with E-state index in [9.17, 15) is 0 Å². The number of benzene rings is 11. The second-order valence-electron chi connectivity index (χ2n) is 24.2. The molecule has 11 aromatic carbocycles. The first-order valence-corrected chi connectivity index (χ1v) is 30.7. The number of hydrogen-bond acceptors (Lipinski definition) is 2. The molecule has 0 atom stereocenters. The first-order valence-electron chi connectivity index (χ1n) is 30.7. The molecule has 0 aromatic heterocycles. The molecule has 11 rings (SSSR count). The minimum absolute atomic E-state index is 0.794. The van der Waals surface area contributed by atoms with E-state index in [1.54, 1.807) is 0 Å².